The van der Waals surface area contributed by atoms with Gasteiger partial charge < -0.3 is 34.5 Å². The zero-order valence-corrected chi connectivity index (χ0v) is 38.5. The molecule has 10 nitrogen and oxygen atoms in total. The van der Waals surface area contributed by atoms with E-state index >= 15 is 0 Å². The smallest absolute Gasteiger partial charge is 0.357 e. The number of rotatable bonds is 4. The van der Waals surface area contributed by atoms with Crippen molar-refractivity contribution in [3.05, 3.63) is 115 Å². The van der Waals surface area contributed by atoms with Gasteiger partial charge in [0, 0.05) is 62.5 Å². The molecule has 0 atom stereocenters. The van der Waals surface area contributed by atoms with E-state index in [0.717, 1.165) is 84.7 Å². The summed E-state index contributed by atoms with van der Waals surface area (Å²) in [5, 5.41) is 3.47. The Morgan fingerprint density at radius 2 is 1.03 bits per heavy atom. The van der Waals surface area contributed by atoms with E-state index in [-0.39, 0.29) is 19.5 Å². The molecule has 0 aliphatic carbocycles. The van der Waals surface area contributed by atoms with Crippen molar-refractivity contribution in [2.45, 2.75) is 52.4 Å². The van der Waals surface area contributed by atoms with Gasteiger partial charge in [-0.2, -0.15) is 0 Å². The molecule has 9 aromatic rings. The number of benzene rings is 5. The number of aryl methyl sites for hydroxylation is 1. The first-order valence-electron chi connectivity index (χ1n) is 20.4. The van der Waals surface area contributed by atoms with Gasteiger partial charge in [0.2, 0.25) is 0 Å². The van der Waals surface area contributed by atoms with Crippen LogP contribution in [0.15, 0.2) is 109 Å². The number of aromatic nitrogens is 10. The third kappa shape index (κ3) is 6.47. The molecule has 0 radical (unpaired) electrons. The Balaban J connectivity index is 0.00000445. The average Bonchev–Trinajstić information content (AvgIpc) is 4.06. The summed E-state index contributed by atoms with van der Waals surface area (Å²) in [5.41, 5.74) is 13.6. The maximum atomic E-state index is 5.27. The average molecular weight is 860 g/mol. The molecule has 2 aliphatic rings. The van der Waals surface area contributed by atoms with Crippen LogP contribution in [0.2, 0.25) is 18.6 Å². The van der Waals surface area contributed by atoms with Crippen LogP contribution in [0.3, 0.4) is 0 Å². The Bertz CT molecular complexity index is 3480. The van der Waals surface area contributed by atoms with Crippen LogP contribution in [-0.2, 0) is 26.0 Å². The van der Waals surface area contributed by atoms with Gasteiger partial charge in [0.15, 0.2) is 0 Å². The van der Waals surface area contributed by atoms with Gasteiger partial charge in [-0.15, -0.1) is 5.54 Å². The van der Waals surface area contributed by atoms with Crippen molar-refractivity contribution >= 4 is 63.2 Å². The molecule has 0 N–H and O–H groups in total. The van der Waals surface area contributed by atoms with Crippen molar-refractivity contribution in [2.24, 2.45) is 0 Å². The predicted octanol–water partition coefficient (Wildman–Crippen LogP) is 10.6. The maximum absolute atomic E-state index is 5.27. The van der Waals surface area contributed by atoms with Crippen molar-refractivity contribution in [1.82, 2.24) is 49.4 Å². The number of imidazole rings is 1. The molecule has 8 bridgehead atoms. The van der Waals surface area contributed by atoms with Gasteiger partial charge in [-0.25, -0.2) is 15.0 Å². The van der Waals surface area contributed by atoms with Gasteiger partial charge >= 0.3 is 19.5 Å². The van der Waals surface area contributed by atoms with Crippen LogP contribution in [0.1, 0.15) is 32.8 Å². The van der Waals surface area contributed by atoms with Crippen molar-refractivity contribution in [3.63, 3.8) is 0 Å². The molecule has 4 aromatic heterocycles. The number of nitrogens with zero attached hydrogens (tertiary/aromatic N) is 10. The zero-order chi connectivity index (χ0) is 40.7. The van der Waals surface area contributed by atoms with E-state index in [1.54, 1.807) is 0 Å². The van der Waals surface area contributed by atoms with Crippen molar-refractivity contribution in [1.29, 1.82) is 0 Å². The topological polar surface area (TPSA) is 123 Å². The van der Waals surface area contributed by atoms with E-state index in [1.165, 1.54) is 0 Å². The molecule has 5 aromatic carbocycles. The third-order valence-electron chi connectivity index (χ3n) is 11.9. The number of hydrogen-bond donors (Lipinski definition) is 0. The zero-order valence-electron chi connectivity index (χ0n) is 34.6. The first-order chi connectivity index (χ1) is 29.2. The first kappa shape index (κ1) is 38.5. The summed E-state index contributed by atoms with van der Waals surface area (Å²) in [5.74, 6) is 6.43. The fourth-order valence-electron chi connectivity index (χ4n) is 7.88. The van der Waals surface area contributed by atoms with Crippen LogP contribution in [0, 0.1) is 11.5 Å². The third-order valence-corrected chi connectivity index (χ3v) is 15.5. The summed E-state index contributed by atoms with van der Waals surface area (Å²) in [6.07, 6.45) is 0.930. The van der Waals surface area contributed by atoms with Crippen LogP contribution >= 0.6 is 0 Å². The van der Waals surface area contributed by atoms with Gasteiger partial charge in [0.25, 0.3) is 0 Å². The second-order valence-corrected chi connectivity index (χ2v) is 21.1. The minimum absolute atomic E-state index is 0. The molecule has 2 aliphatic heterocycles. The van der Waals surface area contributed by atoms with Crippen molar-refractivity contribution in [2.75, 3.05) is 0 Å². The Labute approximate surface area is 365 Å². The van der Waals surface area contributed by atoms with E-state index in [2.05, 4.69) is 86.3 Å². The molecule has 0 saturated carbocycles. The quantitative estimate of drug-likeness (QED) is 0.126. The molecule has 6 heterocycles. The predicted molar refractivity (Wildman–Crippen MR) is 242 cm³/mol. The van der Waals surface area contributed by atoms with Gasteiger partial charge in [-0.05, 0) is 57.8 Å². The van der Waals surface area contributed by atoms with Gasteiger partial charge in [-0.3, -0.25) is 0 Å². The van der Waals surface area contributed by atoms with E-state index in [1.807, 2.05) is 72.8 Å². The summed E-state index contributed by atoms with van der Waals surface area (Å²) >= 11 is 0. The van der Waals surface area contributed by atoms with Gasteiger partial charge in [-0.1, -0.05) is 125 Å². The normalized spacial score (nSPS) is 12.0. The Hall–Kier alpha value is -6.67. The molecule has 11 rings (SSSR count). The summed E-state index contributed by atoms with van der Waals surface area (Å²) in [6.45, 7) is 12.2. The minimum atomic E-state index is -1.62. The van der Waals surface area contributed by atoms with Crippen LogP contribution in [0.5, 0.6) is 0 Å². The van der Waals surface area contributed by atoms with E-state index in [4.69, 9.17) is 44.9 Å². The fourth-order valence-corrected chi connectivity index (χ4v) is 8.63. The molecule has 0 amide bonds. The van der Waals surface area contributed by atoms with E-state index < -0.39 is 8.07 Å². The molecular formula is C49H38N10SiZn. The summed E-state index contributed by atoms with van der Waals surface area (Å²) in [4.78, 5) is 46.0. The summed E-state index contributed by atoms with van der Waals surface area (Å²) in [7, 11) is -1.62. The first-order valence-corrected chi connectivity index (χ1v) is 23.5. The molecule has 0 spiro atoms. The Morgan fingerprint density at radius 3 is 1.51 bits per heavy atom. The summed E-state index contributed by atoms with van der Waals surface area (Å²) < 4.78 is 2.30. The second kappa shape index (κ2) is 14.8. The van der Waals surface area contributed by atoms with Gasteiger partial charge in [0.05, 0.1) is 34.3 Å². The molecule has 0 fully saturated rings. The molecular weight excluding hydrogens is 822 g/mol. The molecule has 61 heavy (non-hydrogen) atoms. The van der Waals surface area contributed by atoms with Gasteiger partial charge in [0.1, 0.15) is 13.9 Å². The van der Waals surface area contributed by atoms with E-state index in [9.17, 15) is 0 Å². The van der Waals surface area contributed by atoms with E-state index in [0.29, 0.717) is 51.4 Å². The largest absolute Gasteiger partial charge is 2.00 e. The minimum Gasteiger partial charge on any atom is -0.357 e. The number of hydrogen-bond acceptors (Lipinski definition) is 7. The van der Waals surface area contributed by atoms with Crippen LogP contribution < -0.4 is 9.97 Å². The molecule has 0 unspecified atom stereocenters. The number of fused-ring (bicyclic) bond motifs is 21. The SMILES string of the molecule is CCCn1c(-c2ccc(C#C[Si](C)(C)C(C)C)cc2)nc2cc3c(cc21)-c1nc-3nc2[n-]c(nc3nc(nc4[n-]c(n1)c1ccccc41)-c1ccccc1-3)c1ccccc21.[Zn+2]. The summed E-state index contributed by atoms with van der Waals surface area (Å²) in [6, 6.07) is 36.8. The monoisotopic (exact) mass is 858 g/mol. The standard InChI is InChI=1S/C49H38N10Si.Zn/c1-6-24-59-40-27-38-37(26-39(40)50-49(59)30-21-19-29(20-22-30)23-25-60(4,5)28(2)3)47-56-45-35-17-11-9-15-33(35)43(54-45)52-41-31-13-7-8-14-32(31)42(51-41)53-44-34-16-10-12-18-36(34)46(55-44)57-48(38)58-47;/h7-22,26-28H,6,24H2,1-5H3;/q-2;+2. The Kier molecular flexibility index (Phi) is 9.35. The van der Waals surface area contributed by atoms with Crippen LogP contribution in [0.4, 0.5) is 0 Å². The van der Waals surface area contributed by atoms with Crippen molar-refractivity contribution in [3.8, 4) is 68.4 Å². The molecule has 12 heteroatoms. The Morgan fingerprint density at radius 1 is 0.574 bits per heavy atom. The van der Waals surface area contributed by atoms with Crippen molar-refractivity contribution < 1.29 is 19.5 Å². The fraction of sp³-hybridized carbons (Fsp3) is 0.163. The maximum Gasteiger partial charge on any atom is 2.00 e. The molecule has 290 valence electrons. The second-order valence-electron chi connectivity index (χ2n) is 16.3. The van der Waals surface area contributed by atoms with Crippen LogP contribution in [0.25, 0.3) is 112 Å². The molecule has 0 saturated heterocycles. The van der Waals surface area contributed by atoms with Crippen LogP contribution in [-0.4, -0.2) is 47.5 Å².